The summed E-state index contributed by atoms with van der Waals surface area (Å²) in [6.07, 6.45) is 1.39. The van der Waals surface area contributed by atoms with Gasteiger partial charge in [0.15, 0.2) is 11.5 Å². The fraction of sp³-hybridized carbons (Fsp3) is 0.500. The number of non-ortho nitro benzene ring substituents is 1. The van der Waals surface area contributed by atoms with E-state index in [-0.39, 0.29) is 29.5 Å². The van der Waals surface area contributed by atoms with Gasteiger partial charge in [-0.05, 0) is 54.2 Å². The third-order valence-corrected chi connectivity index (χ3v) is 6.83. The molecule has 2 aliphatic rings. The molecular weight excluding hydrogens is 452 g/mol. The minimum Gasteiger partial charge on any atom is -0.493 e. The number of nitro benzene ring substituents is 1. The second-order valence-electron chi connectivity index (χ2n) is 9.55. The first-order chi connectivity index (χ1) is 16.8. The zero-order chi connectivity index (χ0) is 25.1. The van der Waals surface area contributed by atoms with Gasteiger partial charge in [0.25, 0.3) is 5.69 Å². The zero-order valence-electron chi connectivity index (χ0n) is 20.6. The standard InChI is InChI=1S/C26H32N2O7/c1-16(2)11-18-15-27-10-9-17-12-24(32-3)25(33-4)13-21(17)22(27)14-23(18)35-26(29)34-20-7-5-19(6-8-20)28(30)31/h5-8,12-13,16,18,22-23H,9-11,14-15H2,1-4H3. The summed E-state index contributed by atoms with van der Waals surface area (Å²) in [7, 11) is 3.27. The third-order valence-electron chi connectivity index (χ3n) is 6.83. The maximum Gasteiger partial charge on any atom is 0.514 e. The van der Waals surface area contributed by atoms with Gasteiger partial charge in [0.05, 0.1) is 19.1 Å². The average molecular weight is 485 g/mol. The van der Waals surface area contributed by atoms with Crippen LogP contribution in [0.15, 0.2) is 36.4 Å². The molecule has 0 N–H and O–H groups in total. The van der Waals surface area contributed by atoms with Crippen molar-refractivity contribution in [2.45, 2.75) is 45.3 Å². The van der Waals surface area contributed by atoms with Crippen molar-refractivity contribution < 1.29 is 28.7 Å². The van der Waals surface area contributed by atoms with E-state index in [0.717, 1.165) is 25.9 Å². The molecule has 1 saturated heterocycles. The molecule has 0 radical (unpaired) electrons. The summed E-state index contributed by atoms with van der Waals surface area (Å²) < 4.78 is 22.3. The SMILES string of the molecule is COc1cc2c(cc1OC)C1CC(OC(=O)Oc3ccc([N+](=O)[O-])cc3)C(CC(C)C)CN1CC2. The lowest BCUT2D eigenvalue weighted by Crippen LogP contribution is -2.49. The van der Waals surface area contributed by atoms with Crippen LogP contribution in [0.1, 0.15) is 43.9 Å². The van der Waals surface area contributed by atoms with Crippen molar-refractivity contribution in [2.75, 3.05) is 27.3 Å². The Kier molecular flexibility index (Phi) is 7.45. The quantitative estimate of drug-likeness (QED) is 0.230. The molecule has 4 rings (SSSR count). The number of methoxy groups -OCH3 is 2. The summed E-state index contributed by atoms with van der Waals surface area (Å²) in [6, 6.07) is 9.56. The van der Waals surface area contributed by atoms with Crippen molar-refractivity contribution in [2.24, 2.45) is 11.8 Å². The van der Waals surface area contributed by atoms with Gasteiger partial charge in [-0.25, -0.2) is 4.79 Å². The first-order valence-electron chi connectivity index (χ1n) is 11.9. The average Bonchev–Trinajstić information content (AvgIpc) is 2.83. The van der Waals surface area contributed by atoms with E-state index in [1.54, 1.807) is 14.2 Å². The number of hydrogen-bond acceptors (Lipinski definition) is 8. The molecule has 2 aliphatic heterocycles. The Morgan fingerprint density at radius 2 is 1.83 bits per heavy atom. The molecule has 9 heteroatoms. The van der Waals surface area contributed by atoms with Gasteiger partial charge in [0.1, 0.15) is 11.9 Å². The molecule has 2 aromatic rings. The van der Waals surface area contributed by atoms with Crippen molar-refractivity contribution in [1.29, 1.82) is 0 Å². The van der Waals surface area contributed by atoms with Gasteiger partial charge in [0.2, 0.25) is 0 Å². The first kappa shape index (κ1) is 24.8. The van der Waals surface area contributed by atoms with Gasteiger partial charge >= 0.3 is 6.16 Å². The Bertz CT molecular complexity index is 1070. The summed E-state index contributed by atoms with van der Waals surface area (Å²) in [5, 5.41) is 10.9. The highest BCUT2D eigenvalue weighted by molar-refractivity contribution is 5.64. The summed E-state index contributed by atoms with van der Waals surface area (Å²) in [5.74, 6) is 2.24. The molecular formula is C26H32N2O7. The predicted molar refractivity (Wildman–Crippen MR) is 129 cm³/mol. The summed E-state index contributed by atoms with van der Waals surface area (Å²) in [5.41, 5.74) is 2.32. The molecule has 2 aromatic carbocycles. The molecule has 0 bridgehead atoms. The van der Waals surface area contributed by atoms with E-state index >= 15 is 0 Å². The molecule has 0 spiro atoms. The highest BCUT2D eigenvalue weighted by Crippen LogP contribution is 2.44. The molecule has 3 atom stereocenters. The maximum atomic E-state index is 12.7. The van der Waals surface area contributed by atoms with Crippen LogP contribution in [-0.2, 0) is 11.2 Å². The van der Waals surface area contributed by atoms with Crippen LogP contribution >= 0.6 is 0 Å². The largest absolute Gasteiger partial charge is 0.514 e. The number of nitrogens with zero attached hydrogens (tertiary/aromatic N) is 2. The first-order valence-corrected chi connectivity index (χ1v) is 11.9. The number of carbonyl (C=O) groups is 1. The molecule has 2 heterocycles. The summed E-state index contributed by atoms with van der Waals surface area (Å²) in [6.45, 7) is 6.09. The van der Waals surface area contributed by atoms with Crippen molar-refractivity contribution in [3.63, 3.8) is 0 Å². The summed E-state index contributed by atoms with van der Waals surface area (Å²) in [4.78, 5) is 25.5. The number of carbonyl (C=O) groups excluding carboxylic acids is 1. The van der Waals surface area contributed by atoms with E-state index in [0.29, 0.717) is 23.8 Å². The monoisotopic (exact) mass is 484 g/mol. The predicted octanol–water partition coefficient (Wildman–Crippen LogP) is 5.16. The lowest BCUT2D eigenvalue weighted by atomic mass is 9.79. The van der Waals surface area contributed by atoms with Crippen molar-refractivity contribution in [3.05, 3.63) is 57.6 Å². The minimum absolute atomic E-state index is 0.0712. The van der Waals surface area contributed by atoms with E-state index in [1.807, 2.05) is 12.1 Å². The van der Waals surface area contributed by atoms with Crippen LogP contribution in [0.25, 0.3) is 0 Å². The minimum atomic E-state index is -0.797. The molecule has 0 aliphatic carbocycles. The second-order valence-corrected chi connectivity index (χ2v) is 9.55. The van der Waals surface area contributed by atoms with E-state index < -0.39 is 11.1 Å². The number of fused-ring (bicyclic) bond motifs is 3. The Morgan fingerprint density at radius 3 is 2.46 bits per heavy atom. The van der Waals surface area contributed by atoms with Crippen LogP contribution in [0.2, 0.25) is 0 Å². The van der Waals surface area contributed by atoms with Gasteiger partial charge in [0, 0.05) is 43.6 Å². The smallest absolute Gasteiger partial charge is 0.493 e. The van der Waals surface area contributed by atoms with E-state index in [1.165, 1.54) is 35.4 Å². The van der Waals surface area contributed by atoms with Crippen LogP contribution in [0, 0.1) is 22.0 Å². The molecule has 188 valence electrons. The Morgan fingerprint density at radius 1 is 1.14 bits per heavy atom. The zero-order valence-corrected chi connectivity index (χ0v) is 20.6. The Labute approximate surface area is 205 Å². The number of piperidine rings is 1. The van der Waals surface area contributed by atoms with Gasteiger partial charge in [-0.2, -0.15) is 0 Å². The van der Waals surface area contributed by atoms with Crippen LogP contribution in [0.4, 0.5) is 10.5 Å². The number of rotatable bonds is 7. The Hall–Kier alpha value is -3.33. The lowest BCUT2D eigenvalue weighted by molar-refractivity contribution is -0.384. The van der Waals surface area contributed by atoms with Crippen molar-refractivity contribution in [1.82, 2.24) is 4.90 Å². The number of benzene rings is 2. The number of nitro groups is 1. The molecule has 0 aromatic heterocycles. The highest BCUT2D eigenvalue weighted by atomic mass is 16.7. The van der Waals surface area contributed by atoms with Crippen LogP contribution < -0.4 is 14.2 Å². The van der Waals surface area contributed by atoms with Crippen molar-refractivity contribution >= 4 is 11.8 Å². The number of hydrogen-bond donors (Lipinski definition) is 0. The lowest BCUT2D eigenvalue weighted by Gasteiger charge is -2.47. The molecule has 3 unspecified atom stereocenters. The molecule has 1 fully saturated rings. The van der Waals surface area contributed by atoms with Crippen LogP contribution in [-0.4, -0.2) is 49.4 Å². The van der Waals surface area contributed by atoms with Gasteiger partial charge < -0.3 is 18.9 Å². The van der Waals surface area contributed by atoms with Crippen molar-refractivity contribution in [3.8, 4) is 17.2 Å². The molecule has 35 heavy (non-hydrogen) atoms. The number of ether oxygens (including phenoxy) is 4. The second kappa shape index (κ2) is 10.5. The van der Waals surface area contributed by atoms with E-state index in [9.17, 15) is 14.9 Å². The normalized spacial score (nSPS) is 21.6. The molecule has 0 saturated carbocycles. The Balaban J connectivity index is 1.53. The maximum absolute atomic E-state index is 12.7. The summed E-state index contributed by atoms with van der Waals surface area (Å²) >= 11 is 0. The van der Waals surface area contributed by atoms with Crippen LogP contribution in [0.5, 0.6) is 17.2 Å². The van der Waals surface area contributed by atoms with E-state index in [2.05, 4.69) is 18.7 Å². The van der Waals surface area contributed by atoms with Crippen LogP contribution in [0.3, 0.4) is 0 Å². The van der Waals surface area contributed by atoms with Gasteiger partial charge in [-0.15, -0.1) is 0 Å². The molecule has 9 nitrogen and oxygen atoms in total. The molecule has 0 amide bonds. The van der Waals surface area contributed by atoms with Gasteiger partial charge in [-0.1, -0.05) is 13.8 Å². The van der Waals surface area contributed by atoms with Gasteiger partial charge in [-0.3, -0.25) is 15.0 Å². The third kappa shape index (κ3) is 5.51. The topological polar surface area (TPSA) is 100 Å². The highest BCUT2D eigenvalue weighted by Gasteiger charge is 2.41. The van der Waals surface area contributed by atoms with E-state index in [4.69, 9.17) is 18.9 Å². The fourth-order valence-corrected chi connectivity index (χ4v) is 5.26. The fourth-order valence-electron chi connectivity index (χ4n) is 5.26.